The van der Waals surface area contributed by atoms with Gasteiger partial charge in [-0.05, 0) is 115 Å². The number of hydrogen-bond donors (Lipinski definition) is 0. The lowest BCUT2D eigenvalue weighted by Crippen LogP contribution is -2.58. The van der Waals surface area contributed by atoms with E-state index in [-0.39, 0.29) is 12.4 Å². The van der Waals surface area contributed by atoms with Crippen LogP contribution in [0.1, 0.15) is 89.7 Å². The van der Waals surface area contributed by atoms with Crippen LogP contribution in [0.4, 0.5) is 0 Å². The molecule has 0 saturated carbocycles. The Labute approximate surface area is 167 Å². The van der Waals surface area contributed by atoms with Gasteiger partial charge in [-0.1, -0.05) is 6.07 Å². The van der Waals surface area contributed by atoms with Gasteiger partial charge in [0, 0.05) is 11.1 Å². The number of rotatable bonds is 5. The summed E-state index contributed by atoms with van der Waals surface area (Å²) < 4.78 is 5.42. The number of likely N-dealkylation sites (tertiary alicyclic amines) is 1. The van der Waals surface area contributed by atoms with Crippen LogP contribution in [0.25, 0.3) is 0 Å². The second kappa shape index (κ2) is 8.52. The average Bonchev–Trinajstić information content (AvgIpc) is 2.56. The summed E-state index contributed by atoms with van der Waals surface area (Å²) in [5.74, 6) is 1.75. The molecule has 26 heavy (non-hydrogen) atoms. The predicted molar refractivity (Wildman–Crippen MR) is 114 cm³/mol. The summed E-state index contributed by atoms with van der Waals surface area (Å²) >= 11 is 0. The highest BCUT2D eigenvalue weighted by Gasteiger charge is 2.40. The summed E-state index contributed by atoms with van der Waals surface area (Å²) in [5, 5.41) is 0. The predicted octanol–water partition coefficient (Wildman–Crippen LogP) is 6.36. The van der Waals surface area contributed by atoms with Crippen LogP contribution < -0.4 is 4.74 Å². The molecule has 1 aliphatic heterocycles. The lowest BCUT2D eigenvalue weighted by atomic mass is 9.78. The van der Waals surface area contributed by atoms with Gasteiger partial charge in [-0.2, -0.15) is 0 Å². The maximum atomic E-state index is 5.42. The molecule has 3 heteroatoms. The van der Waals surface area contributed by atoms with E-state index in [1.54, 1.807) is 12.7 Å². The van der Waals surface area contributed by atoms with Gasteiger partial charge in [0.25, 0.3) is 0 Å². The largest absolute Gasteiger partial charge is 0.497 e. The number of methoxy groups -OCH3 is 1. The highest BCUT2D eigenvalue weighted by molar-refractivity contribution is 5.85. The van der Waals surface area contributed by atoms with Gasteiger partial charge in [0.2, 0.25) is 0 Å². The quantitative estimate of drug-likeness (QED) is 0.590. The minimum atomic E-state index is 0. The first-order chi connectivity index (χ1) is 11.8. The van der Waals surface area contributed by atoms with Crippen LogP contribution in [0.2, 0.25) is 0 Å². The minimum absolute atomic E-state index is 0. The highest BCUT2D eigenvalue weighted by Crippen LogP contribution is 2.40. The number of fused-ring (bicyclic) bond motifs is 1. The van der Waals surface area contributed by atoms with Crippen LogP contribution in [0, 0.1) is 0 Å². The molecule has 2 nitrogen and oxygen atoms in total. The standard InChI is InChI=1S/C23H37NO.ClH/c1-22(2)14-8-15-23(3,4)24(22)16-7-11-18-9-6-10-19-17-20(25-5)12-13-21(18)19;/h12-13,17-18H,6-11,14-16H2,1-5H3;1H. The Morgan fingerprint density at radius 2 is 1.77 bits per heavy atom. The topological polar surface area (TPSA) is 12.5 Å². The third-order valence-corrected chi connectivity index (χ3v) is 6.76. The zero-order chi connectivity index (χ0) is 18.1. The molecule has 0 amide bonds. The normalized spacial score (nSPS) is 24.4. The number of nitrogens with zero attached hydrogens (tertiary/aromatic N) is 1. The Hall–Kier alpha value is -0.730. The van der Waals surface area contributed by atoms with Crippen molar-refractivity contribution in [3.8, 4) is 5.75 Å². The molecule has 1 atom stereocenters. The van der Waals surface area contributed by atoms with E-state index in [0.717, 1.165) is 11.7 Å². The van der Waals surface area contributed by atoms with Crippen LogP contribution >= 0.6 is 12.4 Å². The van der Waals surface area contributed by atoms with Crippen LogP contribution in [-0.4, -0.2) is 29.6 Å². The van der Waals surface area contributed by atoms with E-state index in [0.29, 0.717) is 11.1 Å². The molecule has 1 aromatic rings. The first-order valence-electron chi connectivity index (χ1n) is 10.3. The first kappa shape index (κ1) is 21.6. The summed E-state index contributed by atoms with van der Waals surface area (Å²) in [6.07, 6.45) is 10.6. The van der Waals surface area contributed by atoms with Crippen LogP contribution in [0.5, 0.6) is 5.75 Å². The van der Waals surface area contributed by atoms with Crippen molar-refractivity contribution in [2.24, 2.45) is 0 Å². The number of piperidine rings is 1. The second-order valence-electron chi connectivity index (χ2n) is 9.43. The number of halogens is 1. The van der Waals surface area contributed by atoms with Gasteiger partial charge in [-0.3, -0.25) is 4.90 Å². The summed E-state index contributed by atoms with van der Waals surface area (Å²) in [6.45, 7) is 11.0. The molecular weight excluding hydrogens is 342 g/mol. The van der Waals surface area contributed by atoms with E-state index in [4.69, 9.17) is 4.74 Å². The maximum Gasteiger partial charge on any atom is 0.119 e. The fourth-order valence-corrected chi connectivity index (χ4v) is 5.46. The van der Waals surface area contributed by atoms with Gasteiger partial charge in [0.05, 0.1) is 7.11 Å². The zero-order valence-corrected chi connectivity index (χ0v) is 18.3. The van der Waals surface area contributed by atoms with E-state index in [9.17, 15) is 0 Å². The molecule has 148 valence electrons. The molecule has 0 N–H and O–H groups in total. The van der Waals surface area contributed by atoms with Crippen LogP contribution in [0.15, 0.2) is 18.2 Å². The number of benzene rings is 1. The van der Waals surface area contributed by atoms with Crippen molar-refractivity contribution in [2.45, 2.75) is 96.1 Å². The van der Waals surface area contributed by atoms with Crippen LogP contribution in [-0.2, 0) is 6.42 Å². The molecule has 1 saturated heterocycles. The summed E-state index contributed by atoms with van der Waals surface area (Å²) in [7, 11) is 1.77. The monoisotopic (exact) mass is 379 g/mol. The SMILES string of the molecule is COc1ccc2c(c1)CCCC2CCCN1C(C)(C)CCCC1(C)C.Cl. The van der Waals surface area contributed by atoms with E-state index < -0.39 is 0 Å². The van der Waals surface area contributed by atoms with Gasteiger partial charge in [0.1, 0.15) is 5.75 Å². The van der Waals surface area contributed by atoms with Crippen molar-refractivity contribution >= 4 is 12.4 Å². The molecule has 0 spiro atoms. The Morgan fingerprint density at radius 3 is 2.42 bits per heavy atom. The fraction of sp³-hybridized carbons (Fsp3) is 0.739. The molecular formula is C23H38ClNO. The molecule has 0 bridgehead atoms. The van der Waals surface area contributed by atoms with E-state index in [2.05, 4.69) is 50.8 Å². The van der Waals surface area contributed by atoms with E-state index in [1.165, 1.54) is 63.5 Å². The molecule has 0 aromatic heterocycles. The third-order valence-electron chi connectivity index (χ3n) is 6.76. The van der Waals surface area contributed by atoms with Gasteiger partial charge >= 0.3 is 0 Å². The van der Waals surface area contributed by atoms with Crippen molar-refractivity contribution in [1.82, 2.24) is 4.90 Å². The number of ether oxygens (including phenoxy) is 1. The molecule has 1 aliphatic carbocycles. The van der Waals surface area contributed by atoms with Crippen LogP contribution in [0.3, 0.4) is 0 Å². The highest BCUT2D eigenvalue weighted by atomic mass is 35.5. The summed E-state index contributed by atoms with van der Waals surface area (Å²) in [4.78, 5) is 2.79. The van der Waals surface area contributed by atoms with E-state index in [1.807, 2.05) is 0 Å². The van der Waals surface area contributed by atoms with Crippen molar-refractivity contribution < 1.29 is 4.74 Å². The molecule has 1 heterocycles. The van der Waals surface area contributed by atoms with Crippen molar-refractivity contribution in [3.63, 3.8) is 0 Å². The van der Waals surface area contributed by atoms with Crippen molar-refractivity contribution in [3.05, 3.63) is 29.3 Å². The van der Waals surface area contributed by atoms with Gasteiger partial charge in [-0.25, -0.2) is 0 Å². The molecule has 0 radical (unpaired) electrons. The summed E-state index contributed by atoms with van der Waals surface area (Å²) in [6, 6.07) is 6.74. The Balaban J connectivity index is 0.00000243. The van der Waals surface area contributed by atoms with Gasteiger partial charge < -0.3 is 4.74 Å². The Kier molecular flexibility index (Phi) is 7.07. The smallest absolute Gasteiger partial charge is 0.119 e. The third kappa shape index (κ3) is 4.57. The molecule has 2 aliphatic rings. The second-order valence-corrected chi connectivity index (χ2v) is 9.43. The van der Waals surface area contributed by atoms with E-state index >= 15 is 0 Å². The minimum Gasteiger partial charge on any atom is -0.497 e. The lowest BCUT2D eigenvalue weighted by molar-refractivity contribution is -0.0279. The number of aryl methyl sites for hydroxylation is 1. The molecule has 3 rings (SSSR count). The zero-order valence-electron chi connectivity index (χ0n) is 17.4. The fourth-order valence-electron chi connectivity index (χ4n) is 5.46. The molecule has 1 aromatic carbocycles. The Morgan fingerprint density at radius 1 is 1.08 bits per heavy atom. The summed E-state index contributed by atoms with van der Waals surface area (Å²) in [5.41, 5.74) is 3.80. The van der Waals surface area contributed by atoms with Gasteiger partial charge in [-0.15, -0.1) is 12.4 Å². The molecule has 1 fully saturated rings. The van der Waals surface area contributed by atoms with Crippen molar-refractivity contribution in [1.29, 1.82) is 0 Å². The Bertz CT molecular complexity index is 580. The lowest BCUT2D eigenvalue weighted by Gasteiger charge is -2.53. The number of hydrogen-bond acceptors (Lipinski definition) is 2. The molecule has 1 unspecified atom stereocenters. The average molecular weight is 380 g/mol. The first-order valence-corrected chi connectivity index (χ1v) is 10.3. The maximum absolute atomic E-state index is 5.42. The van der Waals surface area contributed by atoms with Gasteiger partial charge in [0.15, 0.2) is 0 Å². The van der Waals surface area contributed by atoms with Crippen molar-refractivity contribution in [2.75, 3.05) is 13.7 Å².